The number of nitrogens with zero attached hydrogens (tertiary/aromatic N) is 3. The van der Waals surface area contributed by atoms with Crippen molar-refractivity contribution in [1.82, 2.24) is 15.0 Å². The predicted molar refractivity (Wildman–Crippen MR) is 105 cm³/mol. The minimum absolute atomic E-state index is 0.0493. The molecular weight excluding hydrogens is 373 g/mol. The maximum absolute atomic E-state index is 14.0. The number of Topliss-reactive ketones (excluding diaryl/α,β-unsaturated/α-hetero) is 1. The highest BCUT2D eigenvalue weighted by molar-refractivity contribution is 5.98. The maximum atomic E-state index is 14.0. The van der Waals surface area contributed by atoms with Crippen LogP contribution in [0.5, 0.6) is 5.75 Å². The number of halogens is 1. The van der Waals surface area contributed by atoms with E-state index in [9.17, 15) is 9.18 Å². The molecule has 0 saturated carbocycles. The highest BCUT2D eigenvalue weighted by Crippen LogP contribution is 2.25. The van der Waals surface area contributed by atoms with Gasteiger partial charge in [0.25, 0.3) is 0 Å². The van der Waals surface area contributed by atoms with E-state index in [0.717, 1.165) is 24.9 Å². The summed E-state index contributed by atoms with van der Waals surface area (Å²) in [6.07, 6.45) is 1.66. The summed E-state index contributed by atoms with van der Waals surface area (Å²) in [5, 5.41) is 4.05. The van der Waals surface area contributed by atoms with Crippen LogP contribution in [0, 0.1) is 11.7 Å². The molecule has 29 heavy (non-hydrogen) atoms. The SMILES string of the molecule is COc1ccc(C(=O)C2CCCN(Cc3nc(-c4ccccc4)no3)C2)cc1F. The molecule has 150 valence electrons. The molecule has 0 amide bonds. The molecule has 0 bridgehead atoms. The third-order valence-electron chi connectivity index (χ3n) is 5.17. The fourth-order valence-corrected chi connectivity index (χ4v) is 3.68. The summed E-state index contributed by atoms with van der Waals surface area (Å²) in [6, 6.07) is 14.0. The number of piperidine rings is 1. The Morgan fingerprint density at radius 1 is 1.28 bits per heavy atom. The van der Waals surface area contributed by atoms with Gasteiger partial charge in [-0.1, -0.05) is 35.5 Å². The Balaban J connectivity index is 1.41. The molecule has 1 atom stereocenters. The molecule has 1 unspecified atom stereocenters. The molecule has 0 N–H and O–H groups in total. The largest absolute Gasteiger partial charge is 0.494 e. The lowest BCUT2D eigenvalue weighted by Crippen LogP contribution is -2.38. The summed E-state index contributed by atoms with van der Waals surface area (Å²) in [7, 11) is 1.40. The third-order valence-corrected chi connectivity index (χ3v) is 5.17. The van der Waals surface area contributed by atoms with Gasteiger partial charge in [0.15, 0.2) is 17.3 Å². The lowest BCUT2D eigenvalue weighted by atomic mass is 9.90. The van der Waals surface area contributed by atoms with Gasteiger partial charge in [0.05, 0.1) is 13.7 Å². The Bertz CT molecular complexity index is 990. The number of likely N-dealkylation sites (tertiary alicyclic amines) is 1. The average molecular weight is 395 g/mol. The van der Waals surface area contributed by atoms with E-state index in [-0.39, 0.29) is 17.5 Å². The van der Waals surface area contributed by atoms with Crippen LogP contribution in [0.4, 0.5) is 4.39 Å². The highest BCUT2D eigenvalue weighted by atomic mass is 19.1. The molecule has 0 radical (unpaired) electrons. The first-order valence-electron chi connectivity index (χ1n) is 9.62. The van der Waals surface area contributed by atoms with Crippen molar-refractivity contribution >= 4 is 5.78 Å². The van der Waals surface area contributed by atoms with E-state index in [2.05, 4.69) is 15.0 Å². The standard InChI is InChI=1S/C22H22FN3O3/c1-28-19-10-9-16(12-18(19)23)21(27)17-8-5-11-26(13-17)14-20-24-22(25-29-20)15-6-3-2-4-7-15/h2-4,6-7,9-10,12,17H,5,8,11,13-14H2,1H3. The van der Waals surface area contributed by atoms with Crippen LogP contribution in [0.2, 0.25) is 0 Å². The van der Waals surface area contributed by atoms with Gasteiger partial charge in [-0.2, -0.15) is 4.98 Å². The molecule has 6 nitrogen and oxygen atoms in total. The van der Waals surface area contributed by atoms with Crippen LogP contribution in [0.15, 0.2) is 53.1 Å². The monoisotopic (exact) mass is 395 g/mol. The van der Waals surface area contributed by atoms with Crippen LogP contribution < -0.4 is 4.74 Å². The second-order valence-corrected chi connectivity index (χ2v) is 7.17. The first kappa shape index (κ1) is 19.3. The number of benzene rings is 2. The van der Waals surface area contributed by atoms with Crippen molar-refractivity contribution in [2.24, 2.45) is 5.92 Å². The van der Waals surface area contributed by atoms with Gasteiger partial charge >= 0.3 is 0 Å². The predicted octanol–water partition coefficient (Wildman–Crippen LogP) is 3.98. The van der Waals surface area contributed by atoms with Gasteiger partial charge in [0.2, 0.25) is 11.7 Å². The number of rotatable bonds is 6. The lowest BCUT2D eigenvalue weighted by Gasteiger charge is -2.30. The number of methoxy groups -OCH3 is 1. The minimum Gasteiger partial charge on any atom is -0.494 e. The fourth-order valence-electron chi connectivity index (χ4n) is 3.68. The number of hydrogen-bond acceptors (Lipinski definition) is 6. The number of carbonyl (C=O) groups excluding carboxylic acids is 1. The Kier molecular flexibility index (Phi) is 5.67. The van der Waals surface area contributed by atoms with E-state index in [1.54, 1.807) is 6.07 Å². The molecule has 1 aliphatic rings. The summed E-state index contributed by atoms with van der Waals surface area (Å²) < 4.78 is 24.3. The second kappa shape index (κ2) is 8.53. The molecule has 2 aromatic carbocycles. The van der Waals surface area contributed by atoms with E-state index in [4.69, 9.17) is 9.26 Å². The van der Waals surface area contributed by atoms with Crippen LogP contribution in [0.25, 0.3) is 11.4 Å². The minimum atomic E-state index is -0.523. The summed E-state index contributed by atoms with van der Waals surface area (Å²) in [5.41, 5.74) is 1.27. The number of carbonyl (C=O) groups is 1. The molecule has 4 rings (SSSR count). The van der Waals surface area contributed by atoms with Crippen molar-refractivity contribution in [3.8, 4) is 17.1 Å². The summed E-state index contributed by atoms with van der Waals surface area (Å²) in [6.45, 7) is 1.92. The summed E-state index contributed by atoms with van der Waals surface area (Å²) in [4.78, 5) is 19.5. The van der Waals surface area contributed by atoms with E-state index < -0.39 is 5.82 Å². The summed E-state index contributed by atoms with van der Waals surface area (Å²) >= 11 is 0. The average Bonchev–Trinajstić information content (AvgIpc) is 3.22. The van der Waals surface area contributed by atoms with Crippen LogP contribution in [0.1, 0.15) is 29.1 Å². The van der Waals surface area contributed by atoms with E-state index in [1.165, 1.54) is 19.2 Å². The van der Waals surface area contributed by atoms with Crippen LogP contribution in [-0.2, 0) is 6.54 Å². The van der Waals surface area contributed by atoms with Crippen molar-refractivity contribution in [2.45, 2.75) is 19.4 Å². The zero-order valence-electron chi connectivity index (χ0n) is 16.2. The molecule has 0 aliphatic carbocycles. The topological polar surface area (TPSA) is 68.5 Å². The molecule has 0 spiro atoms. The second-order valence-electron chi connectivity index (χ2n) is 7.17. The smallest absolute Gasteiger partial charge is 0.241 e. The zero-order valence-corrected chi connectivity index (χ0v) is 16.2. The van der Waals surface area contributed by atoms with E-state index >= 15 is 0 Å². The van der Waals surface area contributed by atoms with Crippen LogP contribution >= 0.6 is 0 Å². The molecule has 7 heteroatoms. The normalized spacial score (nSPS) is 17.2. The first-order valence-corrected chi connectivity index (χ1v) is 9.62. The molecule has 2 heterocycles. The first-order chi connectivity index (χ1) is 14.1. The highest BCUT2D eigenvalue weighted by Gasteiger charge is 2.28. The number of aromatic nitrogens is 2. The van der Waals surface area contributed by atoms with Crippen LogP contribution in [-0.4, -0.2) is 41.0 Å². The molecule has 1 saturated heterocycles. The molecular formula is C22H22FN3O3. The van der Waals surface area contributed by atoms with E-state index in [0.29, 0.717) is 30.4 Å². The Morgan fingerprint density at radius 2 is 2.10 bits per heavy atom. The number of ketones is 1. The fraction of sp³-hybridized carbons (Fsp3) is 0.318. The quantitative estimate of drug-likeness (QED) is 0.588. The molecule has 1 aromatic heterocycles. The van der Waals surface area contributed by atoms with Crippen LogP contribution in [0.3, 0.4) is 0 Å². The Labute approximate surface area is 168 Å². The molecule has 3 aromatic rings. The lowest BCUT2D eigenvalue weighted by molar-refractivity contribution is 0.0796. The summed E-state index contributed by atoms with van der Waals surface area (Å²) in [5.74, 6) is 0.453. The van der Waals surface area contributed by atoms with Crippen molar-refractivity contribution < 1.29 is 18.4 Å². The van der Waals surface area contributed by atoms with Crippen molar-refractivity contribution in [1.29, 1.82) is 0 Å². The van der Waals surface area contributed by atoms with E-state index in [1.807, 2.05) is 30.3 Å². The number of ether oxygens (including phenoxy) is 1. The van der Waals surface area contributed by atoms with Gasteiger partial charge in [-0.05, 0) is 37.6 Å². The van der Waals surface area contributed by atoms with Gasteiger partial charge in [0, 0.05) is 23.6 Å². The Hall–Kier alpha value is -3.06. The van der Waals surface area contributed by atoms with Gasteiger partial charge in [-0.25, -0.2) is 4.39 Å². The zero-order chi connectivity index (χ0) is 20.2. The third kappa shape index (κ3) is 4.35. The maximum Gasteiger partial charge on any atom is 0.241 e. The van der Waals surface area contributed by atoms with Crippen molar-refractivity contribution in [3.63, 3.8) is 0 Å². The van der Waals surface area contributed by atoms with Gasteiger partial charge in [-0.15, -0.1) is 0 Å². The molecule has 1 aliphatic heterocycles. The molecule has 1 fully saturated rings. The van der Waals surface area contributed by atoms with Crippen molar-refractivity contribution in [3.05, 3.63) is 65.8 Å². The van der Waals surface area contributed by atoms with Gasteiger partial charge < -0.3 is 9.26 Å². The van der Waals surface area contributed by atoms with Gasteiger partial charge in [-0.3, -0.25) is 9.69 Å². The Morgan fingerprint density at radius 3 is 2.86 bits per heavy atom. The number of hydrogen-bond donors (Lipinski definition) is 0. The van der Waals surface area contributed by atoms with Gasteiger partial charge in [0.1, 0.15) is 0 Å². The van der Waals surface area contributed by atoms with Crippen molar-refractivity contribution in [2.75, 3.05) is 20.2 Å².